The lowest BCUT2D eigenvalue weighted by atomic mass is 10.2. The van der Waals surface area contributed by atoms with E-state index in [1.54, 1.807) is 6.20 Å². The van der Waals surface area contributed by atoms with Crippen LogP contribution in [0.15, 0.2) is 18.3 Å². The van der Waals surface area contributed by atoms with E-state index >= 15 is 0 Å². The number of aromatic nitrogens is 2. The molecule has 1 amide bonds. The number of hydrogen-bond donors (Lipinski definition) is 3. The van der Waals surface area contributed by atoms with Gasteiger partial charge in [-0.05, 0) is 6.92 Å². The molecule has 1 aromatic rings. The van der Waals surface area contributed by atoms with Crippen molar-refractivity contribution >= 4 is 11.9 Å². The molecule has 0 saturated heterocycles. The lowest BCUT2D eigenvalue weighted by Crippen LogP contribution is -2.20. The summed E-state index contributed by atoms with van der Waals surface area (Å²) in [7, 11) is 0. The zero-order chi connectivity index (χ0) is 11.3. The van der Waals surface area contributed by atoms with Gasteiger partial charge in [-0.25, -0.2) is 4.79 Å². The van der Waals surface area contributed by atoms with E-state index in [1.165, 1.54) is 0 Å². The Morgan fingerprint density at radius 3 is 2.87 bits per heavy atom. The number of carbonyl (C=O) groups excluding carboxylic acids is 1. The maximum Gasteiger partial charge on any atom is 0.328 e. The highest BCUT2D eigenvalue weighted by Crippen LogP contribution is 2.00. The van der Waals surface area contributed by atoms with E-state index in [2.05, 4.69) is 15.5 Å². The second kappa shape index (κ2) is 4.94. The van der Waals surface area contributed by atoms with Crippen LogP contribution in [0, 0.1) is 6.92 Å². The maximum atomic E-state index is 11.1. The summed E-state index contributed by atoms with van der Waals surface area (Å²) in [5.74, 6) is -1.59. The standard InChI is InChI=1S/C9H11N3O3/c1-6-7(5-11-12-6)4-10-8(13)2-3-9(14)15/h2-3,5H,4H2,1H3,(H,10,13)(H,11,12)(H,14,15)/b3-2+. The van der Waals surface area contributed by atoms with Crippen molar-refractivity contribution < 1.29 is 14.7 Å². The third-order valence-corrected chi connectivity index (χ3v) is 1.76. The summed E-state index contributed by atoms with van der Waals surface area (Å²) in [6.07, 6.45) is 3.37. The molecule has 0 aliphatic carbocycles. The second-order valence-electron chi connectivity index (χ2n) is 2.91. The van der Waals surface area contributed by atoms with Crippen LogP contribution < -0.4 is 5.32 Å². The van der Waals surface area contributed by atoms with Gasteiger partial charge < -0.3 is 10.4 Å². The van der Waals surface area contributed by atoms with Crippen molar-refractivity contribution in [2.45, 2.75) is 13.5 Å². The topological polar surface area (TPSA) is 95.1 Å². The first kappa shape index (κ1) is 11.0. The highest BCUT2D eigenvalue weighted by molar-refractivity contribution is 5.93. The van der Waals surface area contributed by atoms with Gasteiger partial charge in [0.1, 0.15) is 0 Å². The van der Waals surface area contributed by atoms with Gasteiger partial charge >= 0.3 is 5.97 Å². The number of H-pyrrole nitrogens is 1. The molecule has 0 bridgehead atoms. The molecule has 0 atom stereocenters. The Morgan fingerprint density at radius 2 is 2.33 bits per heavy atom. The molecule has 80 valence electrons. The van der Waals surface area contributed by atoms with Crippen molar-refractivity contribution in [3.63, 3.8) is 0 Å². The summed E-state index contributed by atoms with van der Waals surface area (Å²) in [4.78, 5) is 21.2. The highest BCUT2D eigenvalue weighted by Gasteiger charge is 2.01. The third kappa shape index (κ3) is 3.63. The third-order valence-electron chi connectivity index (χ3n) is 1.76. The molecule has 0 spiro atoms. The second-order valence-corrected chi connectivity index (χ2v) is 2.91. The van der Waals surface area contributed by atoms with E-state index in [9.17, 15) is 9.59 Å². The number of carbonyl (C=O) groups is 2. The fourth-order valence-corrected chi connectivity index (χ4v) is 0.942. The molecule has 1 aromatic heterocycles. The van der Waals surface area contributed by atoms with Gasteiger partial charge in [0, 0.05) is 30.0 Å². The zero-order valence-corrected chi connectivity index (χ0v) is 8.15. The molecule has 0 unspecified atom stereocenters. The van der Waals surface area contributed by atoms with Crippen molar-refractivity contribution in [3.05, 3.63) is 29.6 Å². The number of amides is 1. The Kier molecular flexibility index (Phi) is 3.61. The molecule has 1 heterocycles. The molecule has 0 aliphatic heterocycles. The van der Waals surface area contributed by atoms with Crippen LogP contribution in [0.3, 0.4) is 0 Å². The van der Waals surface area contributed by atoms with E-state index in [0.717, 1.165) is 23.4 Å². The number of aromatic amines is 1. The van der Waals surface area contributed by atoms with Gasteiger partial charge in [0.05, 0.1) is 6.20 Å². The fourth-order valence-electron chi connectivity index (χ4n) is 0.942. The molecule has 3 N–H and O–H groups in total. The Hall–Kier alpha value is -2.11. The molecule has 0 aliphatic rings. The summed E-state index contributed by atoms with van der Waals surface area (Å²) < 4.78 is 0. The summed E-state index contributed by atoms with van der Waals surface area (Å²) in [5.41, 5.74) is 1.74. The monoisotopic (exact) mass is 209 g/mol. The Labute approximate surface area is 86.0 Å². The molecule has 0 saturated carbocycles. The van der Waals surface area contributed by atoms with Crippen LogP contribution in [-0.2, 0) is 16.1 Å². The molecule has 0 aromatic carbocycles. The number of carboxylic acids is 1. The number of aliphatic carboxylic acids is 1. The number of hydrogen-bond acceptors (Lipinski definition) is 3. The fraction of sp³-hybridized carbons (Fsp3) is 0.222. The quantitative estimate of drug-likeness (QED) is 0.607. The summed E-state index contributed by atoms with van der Waals surface area (Å²) in [6.45, 7) is 2.16. The maximum absolute atomic E-state index is 11.1. The van der Waals surface area contributed by atoms with Crippen molar-refractivity contribution in [3.8, 4) is 0 Å². The number of aryl methyl sites for hydroxylation is 1. The molecular formula is C9H11N3O3. The van der Waals surface area contributed by atoms with Crippen LogP contribution >= 0.6 is 0 Å². The molecule has 0 fully saturated rings. The van der Waals surface area contributed by atoms with Gasteiger partial charge in [-0.1, -0.05) is 0 Å². The summed E-state index contributed by atoms with van der Waals surface area (Å²) in [6, 6.07) is 0. The zero-order valence-electron chi connectivity index (χ0n) is 8.15. The van der Waals surface area contributed by atoms with Crippen molar-refractivity contribution in [2.24, 2.45) is 0 Å². The predicted octanol–water partition coefficient (Wildman–Crippen LogP) is -0.0249. The lowest BCUT2D eigenvalue weighted by molar-refractivity contribution is -0.131. The molecular weight excluding hydrogens is 198 g/mol. The Bertz CT molecular complexity index is 395. The van der Waals surface area contributed by atoms with Gasteiger partial charge in [0.2, 0.25) is 5.91 Å². The molecule has 6 heteroatoms. The normalized spacial score (nSPS) is 10.5. The smallest absolute Gasteiger partial charge is 0.328 e. The minimum atomic E-state index is -1.15. The van der Waals surface area contributed by atoms with Gasteiger partial charge in [0.25, 0.3) is 0 Å². The molecule has 15 heavy (non-hydrogen) atoms. The van der Waals surface area contributed by atoms with Crippen molar-refractivity contribution in [1.29, 1.82) is 0 Å². The SMILES string of the molecule is Cc1[nH]ncc1CNC(=O)/C=C/C(=O)O. The average molecular weight is 209 g/mol. The van der Waals surface area contributed by atoms with Crippen LogP contribution in [0.25, 0.3) is 0 Å². The van der Waals surface area contributed by atoms with E-state index in [4.69, 9.17) is 5.11 Å². The van der Waals surface area contributed by atoms with E-state index in [0.29, 0.717) is 6.54 Å². The van der Waals surface area contributed by atoms with Crippen LogP contribution in [0.5, 0.6) is 0 Å². The summed E-state index contributed by atoms with van der Waals surface area (Å²) >= 11 is 0. The van der Waals surface area contributed by atoms with E-state index in [1.807, 2.05) is 6.92 Å². The molecule has 1 rings (SSSR count). The average Bonchev–Trinajstić information content (AvgIpc) is 2.58. The Balaban J connectivity index is 2.41. The van der Waals surface area contributed by atoms with Gasteiger partial charge in [-0.2, -0.15) is 5.10 Å². The first-order valence-corrected chi connectivity index (χ1v) is 4.27. The van der Waals surface area contributed by atoms with Crippen molar-refractivity contribution in [1.82, 2.24) is 15.5 Å². The van der Waals surface area contributed by atoms with Crippen LogP contribution in [0.4, 0.5) is 0 Å². The first-order valence-electron chi connectivity index (χ1n) is 4.27. The lowest BCUT2D eigenvalue weighted by Gasteiger charge is -1.99. The number of nitrogens with zero attached hydrogens (tertiary/aromatic N) is 1. The van der Waals surface area contributed by atoms with Gasteiger partial charge in [-0.3, -0.25) is 9.89 Å². The van der Waals surface area contributed by atoms with Gasteiger partial charge in [-0.15, -0.1) is 0 Å². The van der Waals surface area contributed by atoms with Crippen LogP contribution in [-0.4, -0.2) is 27.2 Å². The first-order chi connectivity index (χ1) is 7.09. The largest absolute Gasteiger partial charge is 0.478 e. The highest BCUT2D eigenvalue weighted by atomic mass is 16.4. The minimum absolute atomic E-state index is 0.325. The summed E-state index contributed by atoms with van der Waals surface area (Å²) in [5, 5.41) is 17.3. The van der Waals surface area contributed by atoms with Crippen LogP contribution in [0.2, 0.25) is 0 Å². The number of carboxylic acid groups (broad SMARTS) is 1. The van der Waals surface area contributed by atoms with Crippen molar-refractivity contribution in [2.75, 3.05) is 0 Å². The number of nitrogens with one attached hydrogen (secondary N) is 2. The van der Waals surface area contributed by atoms with Gasteiger partial charge in [0.15, 0.2) is 0 Å². The number of rotatable bonds is 4. The van der Waals surface area contributed by atoms with Crippen LogP contribution in [0.1, 0.15) is 11.3 Å². The minimum Gasteiger partial charge on any atom is -0.478 e. The predicted molar refractivity (Wildman–Crippen MR) is 51.9 cm³/mol. The molecule has 0 radical (unpaired) electrons. The van der Waals surface area contributed by atoms with E-state index < -0.39 is 11.9 Å². The molecule has 6 nitrogen and oxygen atoms in total. The van der Waals surface area contributed by atoms with E-state index in [-0.39, 0.29) is 0 Å². The Morgan fingerprint density at radius 1 is 1.60 bits per heavy atom.